The van der Waals surface area contributed by atoms with E-state index < -0.39 is 5.97 Å². The molecule has 0 saturated carbocycles. The predicted molar refractivity (Wildman–Crippen MR) is 57.0 cm³/mol. The van der Waals surface area contributed by atoms with Gasteiger partial charge in [0, 0.05) is 0 Å². The van der Waals surface area contributed by atoms with E-state index in [2.05, 4.69) is 4.74 Å². The van der Waals surface area contributed by atoms with Crippen molar-refractivity contribution < 1.29 is 19.1 Å². The van der Waals surface area contributed by atoms with Crippen molar-refractivity contribution in [3.05, 3.63) is 22.2 Å². The van der Waals surface area contributed by atoms with Crippen LogP contribution in [-0.2, 0) is 4.74 Å². The number of hydrogen-bond donors (Lipinski definition) is 1. The number of Topliss-reactive ketones (excluding diaryl/α,β-unsaturated/α-hetero) is 1. The summed E-state index contributed by atoms with van der Waals surface area (Å²) >= 11 is 5.82. The molecule has 0 unspecified atom stereocenters. The molecule has 1 aromatic carbocycles. The molecule has 84 valence electrons. The SMILES string of the molecule is COC(=O)c1cc(Cl)c(N)c2c1OCC2=O. The highest BCUT2D eigenvalue weighted by molar-refractivity contribution is 6.35. The molecule has 2 N–H and O–H groups in total. The fraction of sp³-hybridized carbons (Fsp3) is 0.200. The number of fused-ring (bicyclic) bond motifs is 1. The van der Waals surface area contributed by atoms with Gasteiger partial charge in [-0.1, -0.05) is 11.6 Å². The fourth-order valence-corrected chi connectivity index (χ4v) is 1.75. The maximum Gasteiger partial charge on any atom is 0.341 e. The standard InChI is InChI=1S/C10H8ClNO4/c1-15-10(14)4-2-5(11)8(12)7-6(13)3-16-9(4)7/h2H,3,12H2,1H3. The van der Waals surface area contributed by atoms with Gasteiger partial charge in [-0.15, -0.1) is 0 Å². The number of carbonyl (C=O) groups excluding carboxylic acids is 2. The second kappa shape index (κ2) is 3.68. The van der Waals surface area contributed by atoms with Crippen LogP contribution in [0.4, 0.5) is 5.69 Å². The number of benzene rings is 1. The first-order chi connectivity index (χ1) is 7.56. The molecule has 16 heavy (non-hydrogen) atoms. The Kier molecular flexibility index (Phi) is 2.47. The molecule has 0 radical (unpaired) electrons. The van der Waals surface area contributed by atoms with Crippen molar-refractivity contribution in [1.29, 1.82) is 0 Å². The Morgan fingerprint density at radius 1 is 1.62 bits per heavy atom. The summed E-state index contributed by atoms with van der Waals surface area (Å²) in [5.41, 5.74) is 6.05. The van der Waals surface area contributed by atoms with Crippen molar-refractivity contribution in [1.82, 2.24) is 0 Å². The average Bonchev–Trinajstić information content (AvgIpc) is 2.65. The maximum atomic E-state index is 11.5. The number of carbonyl (C=O) groups is 2. The smallest absolute Gasteiger partial charge is 0.341 e. The van der Waals surface area contributed by atoms with Gasteiger partial charge in [0.25, 0.3) is 0 Å². The first kappa shape index (κ1) is 10.8. The normalized spacial score (nSPS) is 13.2. The van der Waals surface area contributed by atoms with E-state index in [1.54, 1.807) is 0 Å². The summed E-state index contributed by atoms with van der Waals surface area (Å²) in [4.78, 5) is 22.9. The third-order valence-electron chi connectivity index (χ3n) is 2.30. The van der Waals surface area contributed by atoms with E-state index in [0.717, 1.165) is 0 Å². The van der Waals surface area contributed by atoms with Gasteiger partial charge >= 0.3 is 5.97 Å². The first-order valence-electron chi connectivity index (χ1n) is 4.42. The number of methoxy groups -OCH3 is 1. The number of halogens is 1. The number of esters is 1. The van der Waals surface area contributed by atoms with E-state index in [9.17, 15) is 9.59 Å². The monoisotopic (exact) mass is 241 g/mol. The van der Waals surface area contributed by atoms with Crippen molar-refractivity contribution in [3.63, 3.8) is 0 Å². The number of nitrogens with two attached hydrogens (primary N) is 1. The van der Waals surface area contributed by atoms with Crippen molar-refractivity contribution in [3.8, 4) is 5.75 Å². The minimum Gasteiger partial charge on any atom is -0.484 e. The molecule has 6 heteroatoms. The van der Waals surface area contributed by atoms with Crippen molar-refractivity contribution >= 4 is 29.0 Å². The number of hydrogen-bond acceptors (Lipinski definition) is 5. The highest BCUT2D eigenvalue weighted by Crippen LogP contribution is 2.38. The zero-order chi connectivity index (χ0) is 11.9. The minimum atomic E-state index is -0.618. The lowest BCUT2D eigenvalue weighted by molar-refractivity contribution is 0.0596. The summed E-state index contributed by atoms with van der Waals surface area (Å²) in [5, 5.41) is 0.137. The zero-order valence-electron chi connectivity index (χ0n) is 8.37. The van der Waals surface area contributed by atoms with Crippen molar-refractivity contribution in [2.45, 2.75) is 0 Å². The van der Waals surface area contributed by atoms with E-state index in [1.807, 2.05) is 0 Å². The van der Waals surface area contributed by atoms with Crippen LogP contribution < -0.4 is 10.5 Å². The molecule has 1 aromatic rings. The number of anilines is 1. The van der Waals surface area contributed by atoms with Crippen LogP contribution in [0.5, 0.6) is 5.75 Å². The van der Waals surface area contributed by atoms with E-state index in [0.29, 0.717) is 0 Å². The summed E-state index contributed by atoms with van der Waals surface area (Å²) in [6, 6.07) is 1.33. The molecular formula is C10H8ClNO4. The van der Waals surface area contributed by atoms with Gasteiger partial charge in [-0.25, -0.2) is 4.79 Å². The van der Waals surface area contributed by atoms with Crippen LogP contribution in [0.2, 0.25) is 5.02 Å². The van der Waals surface area contributed by atoms with Crippen LogP contribution >= 0.6 is 11.6 Å². The minimum absolute atomic E-state index is 0.113. The molecule has 0 amide bonds. The van der Waals surface area contributed by atoms with Gasteiger partial charge in [0.15, 0.2) is 6.61 Å². The molecule has 0 aromatic heterocycles. The molecule has 1 heterocycles. The van der Waals surface area contributed by atoms with Gasteiger partial charge in [-0.3, -0.25) is 4.79 Å². The van der Waals surface area contributed by atoms with Crippen molar-refractivity contribution in [2.75, 3.05) is 19.5 Å². The van der Waals surface area contributed by atoms with Gasteiger partial charge in [-0.05, 0) is 6.07 Å². The number of nitrogen functional groups attached to an aromatic ring is 1. The van der Waals surface area contributed by atoms with E-state index >= 15 is 0 Å². The van der Waals surface area contributed by atoms with Crippen LogP contribution in [0.3, 0.4) is 0 Å². The Bertz CT molecular complexity index is 498. The average molecular weight is 242 g/mol. The van der Waals surface area contributed by atoms with E-state index in [-0.39, 0.29) is 40.0 Å². The first-order valence-corrected chi connectivity index (χ1v) is 4.80. The van der Waals surface area contributed by atoms with Crippen LogP contribution in [0.25, 0.3) is 0 Å². The lowest BCUT2D eigenvalue weighted by Gasteiger charge is -2.08. The number of ether oxygens (including phenoxy) is 2. The Labute approximate surface area is 96.1 Å². The Hall–Kier alpha value is -1.75. The molecule has 0 fully saturated rings. The summed E-state index contributed by atoms with van der Waals surface area (Å²) in [5.74, 6) is -0.758. The number of rotatable bonds is 1. The van der Waals surface area contributed by atoms with Crippen LogP contribution in [-0.4, -0.2) is 25.5 Å². The highest BCUT2D eigenvalue weighted by atomic mass is 35.5. The van der Waals surface area contributed by atoms with Gasteiger partial charge in [0.2, 0.25) is 5.78 Å². The zero-order valence-corrected chi connectivity index (χ0v) is 9.13. The second-order valence-electron chi connectivity index (χ2n) is 3.23. The topological polar surface area (TPSA) is 78.6 Å². The maximum absolute atomic E-state index is 11.5. The lowest BCUT2D eigenvalue weighted by atomic mass is 10.1. The second-order valence-corrected chi connectivity index (χ2v) is 3.63. The van der Waals surface area contributed by atoms with E-state index in [1.165, 1.54) is 13.2 Å². The van der Waals surface area contributed by atoms with Crippen LogP contribution in [0.1, 0.15) is 20.7 Å². The molecule has 0 spiro atoms. The molecule has 0 aliphatic carbocycles. The Morgan fingerprint density at radius 3 is 2.94 bits per heavy atom. The largest absolute Gasteiger partial charge is 0.484 e. The summed E-state index contributed by atoms with van der Waals surface area (Å²) in [6.45, 7) is -0.135. The predicted octanol–water partition coefficient (Wildman–Crippen LogP) is 1.28. The lowest BCUT2D eigenvalue weighted by Crippen LogP contribution is -2.06. The molecule has 1 aliphatic heterocycles. The Morgan fingerprint density at radius 2 is 2.31 bits per heavy atom. The van der Waals surface area contributed by atoms with Gasteiger partial charge in [0.1, 0.15) is 11.3 Å². The molecule has 2 rings (SSSR count). The third-order valence-corrected chi connectivity index (χ3v) is 2.61. The van der Waals surface area contributed by atoms with Crippen molar-refractivity contribution in [2.24, 2.45) is 0 Å². The highest BCUT2D eigenvalue weighted by Gasteiger charge is 2.31. The number of ketones is 1. The Balaban J connectivity index is 2.71. The van der Waals surface area contributed by atoms with Gasteiger partial charge in [-0.2, -0.15) is 0 Å². The molecular weight excluding hydrogens is 234 g/mol. The third kappa shape index (κ3) is 1.40. The summed E-state index contributed by atoms with van der Waals surface area (Å²) < 4.78 is 9.67. The fourth-order valence-electron chi connectivity index (χ4n) is 1.54. The molecule has 0 saturated heterocycles. The van der Waals surface area contributed by atoms with Gasteiger partial charge in [0.05, 0.1) is 23.4 Å². The molecule has 1 aliphatic rings. The molecule has 5 nitrogen and oxygen atoms in total. The van der Waals surface area contributed by atoms with Crippen LogP contribution in [0, 0.1) is 0 Å². The quantitative estimate of drug-likeness (QED) is 0.592. The summed E-state index contributed by atoms with van der Waals surface area (Å²) in [6.07, 6.45) is 0. The molecule has 0 bridgehead atoms. The van der Waals surface area contributed by atoms with E-state index in [4.69, 9.17) is 22.1 Å². The molecule has 0 atom stereocenters. The van der Waals surface area contributed by atoms with Crippen LogP contribution in [0.15, 0.2) is 6.07 Å². The summed E-state index contributed by atoms with van der Waals surface area (Å²) in [7, 11) is 1.23. The van der Waals surface area contributed by atoms with Gasteiger partial charge < -0.3 is 15.2 Å².